The summed E-state index contributed by atoms with van der Waals surface area (Å²) in [5.74, 6) is 0. The van der Waals surface area contributed by atoms with Crippen LogP contribution in [0.4, 0.5) is 5.69 Å². The van der Waals surface area contributed by atoms with E-state index >= 15 is 0 Å². The van der Waals surface area contributed by atoms with Crippen LogP contribution < -0.4 is 0 Å². The molecule has 18 heavy (non-hydrogen) atoms. The van der Waals surface area contributed by atoms with Crippen molar-refractivity contribution in [3.05, 3.63) is 53.4 Å². The quantitative estimate of drug-likeness (QED) is 0.659. The van der Waals surface area contributed by atoms with Crippen LogP contribution in [0.1, 0.15) is 23.2 Å². The molecule has 88 valence electrons. The van der Waals surface area contributed by atoms with E-state index in [0.29, 0.717) is 0 Å². The Morgan fingerprint density at radius 2 is 2.17 bits per heavy atom. The highest BCUT2D eigenvalue weighted by Crippen LogP contribution is 2.36. The molecule has 1 aliphatic heterocycles. The molecule has 0 unspecified atom stereocenters. The second kappa shape index (κ2) is 3.45. The Bertz CT molecular complexity index is 702. The summed E-state index contributed by atoms with van der Waals surface area (Å²) in [6, 6.07) is 8.56. The van der Waals surface area contributed by atoms with Crippen LogP contribution in [0.5, 0.6) is 0 Å². The number of hydrogen-bond donors (Lipinski definition) is 0. The largest absolute Gasteiger partial charge is 0.314 e. The van der Waals surface area contributed by atoms with Crippen molar-refractivity contribution in [1.82, 2.24) is 4.57 Å². The highest BCUT2D eigenvalue weighted by Gasteiger charge is 2.21. The van der Waals surface area contributed by atoms with Gasteiger partial charge >= 0.3 is 0 Å². The van der Waals surface area contributed by atoms with Gasteiger partial charge in [-0.2, -0.15) is 0 Å². The Balaban J connectivity index is 2.13. The minimum atomic E-state index is 1.06. The lowest BCUT2D eigenvalue weighted by atomic mass is 9.98. The highest BCUT2D eigenvalue weighted by atomic mass is 15.0. The maximum Gasteiger partial charge on any atom is 0.0872 e. The minimum Gasteiger partial charge on any atom is -0.314 e. The second-order valence-electron chi connectivity index (χ2n) is 4.96. The van der Waals surface area contributed by atoms with Gasteiger partial charge in [0.15, 0.2) is 0 Å². The van der Waals surface area contributed by atoms with Crippen molar-refractivity contribution in [3.8, 4) is 5.69 Å². The molecule has 2 aliphatic rings. The fourth-order valence-electron chi connectivity index (χ4n) is 2.98. The molecule has 0 bridgehead atoms. The first-order chi connectivity index (χ1) is 8.84. The smallest absolute Gasteiger partial charge is 0.0872 e. The monoisotopic (exact) mass is 234 g/mol. The lowest BCUT2D eigenvalue weighted by molar-refractivity contribution is 0.952. The summed E-state index contributed by atoms with van der Waals surface area (Å²) in [5, 5.41) is 0. The zero-order valence-electron chi connectivity index (χ0n) is 10.4. The van der Waals surface area contributed by atoms with E-state index in [4.69, 9.17) is 0 Å². The van der Waals surface area contributed by atoms with Crippen LogP contribution in [-0.4, -0.2) is 10.8 Å². The summed E-state index contributed by atoms with van der Waals surface area (Å²) < 4.78 is 2.30. The predicted octanol–water partition coefficient (Wildman–Crippen LogP) is 3.83. The Morgan fingerprint density at radius 3 is 3.11 bits per heavy atom. The van der Waals surface area contributed by atoms with E-state index in [1.807, 2.05) is 6.21 Å². The van der Waals surface area contributed by atoms with Gasteiger partial charge in [0.05, 0.1) is 17.1 Å². The number of aryl methyl sites for hydroxylation is 2. The molecular formula is C16H14N2. The van der Waals surface area contributed by atoms with Crippen LogP contribution in [-0.2, 0) is 6.42 Å². The van der Waals surface area contributed by atoms with Crippen LogP contribution in [0.2, 0.25) is 0 Å². The zero-order chi connectivity index (χ0) is 12.1. The van der Waals surface area contributed by atoms with E-state index in [9.17, 15) is 0 Å². The SMILES string of the molecule is Cc1cccc2c1-n1ccc3c1C(=CCC3)C=N2. The molecule has 4 rings (SSSR count). The average Bonchev–Trinajstić information content (AvgIpc) is 2.72. The number of aromatic nitrogens is 1. The van der Waals surface area contributed by atoms with Crippen LogP contribution in [0.25, 0.3) is 11.3 Å². The number of fused-ring (bicyclic) bond motifs is 2. The van der Waals surface area contributed by atoms with E-state index in [1.165, 1.54) is 28.1 Å². The Kier molecular flexibility index (Phi) is 1.90. The van der Waals surface area contributed by atoms with Gasteiger partial charge in [-0.25, -0.2) is 0 Å². The number of aliphatic imine (C=N–C) groups is 1. The van der Waals surface area contributed by atoms with Gasteiger partial charge in [0, 0.05) is 18.0 Å². The van der Waals surface area contributed by atoms with Crippen LogP contribution in [0, 0.1) is 6.92 Å². The number of para-hydroxylation sites is 1. The second-order valence-corrected chi connectivity index (χ2v) is 4.96. The van der Waals surface area contributed by atoms with Crippen LogP contribution >= 0.6 is 0 Å². The molecule has 2 aromatic rings. The minimum absolute atomic E-state index is 1.06. The summed E-state index contributed by atoms with van der Waals surface area (Å²) in [5.41, 5.74) is 7.59. The van der Waals surface area contributed by atoms with Gasteiger partial charge < -0.3 is 4.57 Å². The zero-order valence-corrected chi connectivity index (χ0v) is 10.4. The van der Waals surface area contributed by atoms with E-state index in [1.54, 1.807) is 0 Å². The average molecular weight is 234 g/mol. The molecule has 0 amide bonds. The fraction of sp³-hybridized carbons (Fsp3) is 0.188. The number of allylic oxidation sites excluding steroid dienone is 2. The van der Waals surface area contributed by atoms with E-state index < -0.39 is 0 Å². The van der Waals surface area contributed by atoms with Crippen LogP contribution in [0.15, 0.2) is 41.5 Å². The summed E-state index contributed by atoms with van der Waals surface area (Å²) in [4.78, 5) is 4.65. The summed E-state index contributed by atoms with van der Waals surface area (Å²) in [6.07, 6.45) is 8.75. The van der Waals surface area contributed by atoms with E-state index in [0.717, 1.165) is 18.5 Å². The summed E-state index contributed by atoms with van der Waals surface area (Å²) in [7, 11) is 0. The maximum atomic E-state index is 4.65. The third-order valence-corrected chi connectivity index (χ3v) is 3.82. The Hall–Kier alpha value is -2.09. The molecule has 0 spiro atoms. The molecule has 0 saturated carbocycles. The van der Waals surface area contributed by atoms with Crippen LogP contribution in [0.3, 0.4) is 0 Å². The molecule has 1 aromatic carbocycles. The maximum absolute atomic E-state index is 4.65. The molecule has 2 nitrogen and oxygen atoms in total. The first kappa shape index (κ1) is 9.89. The molecule has 1 aliphatic carbocycles. The van der Waals surface area contributed by atoms with Gasteiger partial charge in [-0.3, -0.25) is 4.99 Å². The predicted molar refractivity (Wildman–Crippen MR) is 75.0 cm³/mol. The molecular weight excluding hydrogens is 220 g/mol. The molecule has 0 saturated heterocycles. The van der Waals surface area contributed by atoms with Crippen molar-refractivity contribution in [2.75, 3.05) is 0 Å². The molecule has 2 heteroatoms. The Labute approximate surface area is 106 Å². The van der Waals surface area contributed by atoms with Gasteiger partial charge in [-0.1, -0.05) is 18.2 Å². The molecule has 0 radical (unpaired) electrons. The fourth-order valence-corrected chi connectivity index (χ4v) is 2.98. The van der Waals surface area contributed by atoms with Gasteiger partial charge in [0.2, 0.25) is 0 Å². The van der Waals surface area contributed by atoms with Crippen molar-refractivity contribution in [1.29, 1.82) is 0 Å². The van der Waals surface area contributed by atoms with Gasteiger partial charge in [0.25, 0.3) is 0 Å². The summed E-state index contributed by atoms with van der Waals surface area (Å²) >= 11 is 0. The van der Waals surface area contributed by atoms with Crippen molar-refractivity contribution in [2.45, 2.75) is 19.8 Å². The van der Waals surface area contributed by atoms with E-state index in [-0.39, 0.29) is 0 Å². The normalized spacial score (nSPS) is 15.7. The van der Waals surface area contributed by atoms with Gasteiger partial charge in [-0.15, -0.1) is 0 Å². The third-order valence-electron chi connectivity index (χ3n) is 3.82. The highest BCUT2D eigenvalue weighted by molar-refractivity contribution is 6.12. The first-order valence-electron chi connectivity index (χ1n) is 6.39. The Morgan fingerprint density at radius 1 is 1.22 bits per heavy atom. The summed E-state index contributed by atoms with van der Waals surface area (Å²) in [6.45, 7) is 2.15. The van der Waals surface area contributed by atoms with Crippen molar-refractivity contribution >= 4 is 17.5 Å². The number of benzene rings is 1. The molecule has 0 N–H and O–H groups in total. The van der Waals surface area contributed by atoms with Gasteiger partial charge in [0.1, 0.15) is 0 Å². The standard InChI is InChI=1S/C16H14N2/c1-11-4-2-7-14-15(11)18-9-8-12-5-3-6-13(10-17-14)16(12)18/h2,4,6-10H,3,5H2,1H3. The first-order valence-corrected chi connectivity index (χ1v) is 6.39. The third kappa shape index (κ3) is 1.20. The lowest BCUT2D eigenvalue weighted by Crippen LogP contribution is -2.04. The van der Waals surface area contributed by atoms with Gasteiger partial charge in [-0.05, 0) is 43.0 Å². The van der Waals surface area contributed by atoms with E-state index in [2.05, 4.69) is 53.0 Å². The molecule has 0 atom stereocenters. The number of hydrogen-bond acceptors (Lipinski definition) is 1. The molecule has 0 fully saturated rings. The number of nitrogens with zero attached hydrogens (tertiary/aromatic N) is 2. The molecule has 2 heterocycles. The molecule has 1 aromatic heterocycles. The topological polar surface area (TPSA) is 17.3 Å². The lowest BCUT2D eigenvalue weighted by Gasteiger charge is -2.15. The van der Waals surface area contributed by atoms with Crippen molar-refractivity contribution in [3.63, 3.8) is 0 Å². The number of rotatable bonds is 0. The van der Waals surface area contributed by atoms with Crippen molar-refractivity contribution in [2.24, 2.45) is 4.99 Å². The van der Waals surface area contributed by atoms with Crippen molar-refractivity contribution < 1.29 is 0 Å².